The fraction of sp³-hybridized carbons (Fsp3) is 0.393. The number of anilines is 2. The Bertz CT molecular complexity index is 6200. The topological polar surface area (TPSA) is 525 Å². The van der Waals surface area contributed by atoms with E-state index in [1.807, 2.05) is 0 Å². The SMILES string of the molecule is CC(C)(C)OC(=O)N(c1cscn1)S(=O)(=O)c1cc(Cl)c(F)cc1F.CC(C)(C)OC(=O)N[C@@H](CCNCCCc1cc(Cl)ccc1O)C(=O)O.CC(C)(C)OC(=O)N[C@@H](CCNCCCc1cc(Cl)ccc1Oc1cc(F)c(S(=O)(=O)N(C(=O)OC(C)(C)C)c2cscn2)cc1Cl)C(=O)O.N[C@@H](CCNCCCc1cc(Cl)ccc1Oc1cc(F)c(S(=O)(=O)Cc2cscn2)cc1Cl)C(=O)O.[2H]C(=O)OO[CH-]F.[K+].[K+]. The zero-order chi connectivity index (χ0) is 108. The molecular formula is C89H105Cl6F5K2N11O26S6+. The number of nitrogens with one attached hydrogen (secondary N) is 5. The summed E-state index contributed by atoms with van der Waals surface area (Å²) in [6, 6.07) is 16.1. The number of sulfone groups is 1. The van der Waals surface area contributed by atoms with Gasteiger partial charge in [-0.05, 0) is 276 Å². The van der Waals surface area contributed by atoms with Crippen LogP contribution in [0, 0.1) is 30.1 Å². The van der Waals surface area contributed by atoms with Crippen LogP contribution in [0.4, 0.5) is 52.8 Å². The molecule has 9 rings (SSSR count). The predicted octanol–water partition coefficient (Wildman–Crippen LogP) is 13.4. The van der Waals surface area contributed by atoms with Crippen LogP contribution in [0.25, 0.3) is 0 Å². The molecule has 6 aromatic carbocycles. The first-order valence-electron chi connectivity index (χ1n) is 42.8. The predicted molar refractivity (Wildman–Crippen MR) is 528 cm³/mol. The number of sulfonamides is 2. The molecule has 145 heavy (non-hydrogen) atoms. The van der Waals surface area contributed by atoms with E-state index in [1.54, 1.807) is 122 Å². The van der Waals surface area contributed by atoms with E-state index in [1.165, 1.54) is 59.4 Å². The molecule has 0 aliphatic carbocycles. The van der Waals surface area contributed by atoms with Gasteiger partial charge in [0.25, 0.3) is 20.0 Å². The number of nitrogens with zero attached hydrogens (tertiary/aromatic N) is 5. The fourth-order valence-electron chi connectivity index (χ4n) is 11.5. The second kappa shape index (κ2) is 62.6. The van der Waals surface area contributed by atoms with Gasteiger partial charge < -0.3 is 95.3 Å². The van der Waals surface area contributed by atoms with Gasteiger partial charge in [-0.2, -0.15) is 0 Å². The smallest absolute Gasteiger partial charge is 0.508 e. The number of carboxylic acids is 3. The number of ether oxygens (including phenoxy) is 6. The van der Waals surface area contributed by atoms with Gasteiger partial charge in [-0.15, -0.1) is 42.6 Å². The minimum atomic E-state index is -4.89. The number of amides is 4. The number of nitrogens with two attached hydrogens (primary N) is 1. The second-order valence-electron chi connectivity index (χ2n) is 33.8. The number of halogens is 11. The van der Waals surface area contributed by atoms with Crippen LogP contribution in [0.15, 0.2) is 138 Å². The average Bonchev–Trinajstić information content (AvgIpc) is 1.74. The van der Waals surface area contributed by atoms with Crippen molar-refractivity contribution in [3.63, 3.8) is 0 Å². The molecule has 0 radical (unpaired) electrons. The third kappa shape index (κ3) is 47.1. The Morgan fingerprint density at radius 3 is 1.21 bits per heavy atom. The van der Waals surface area contributed by atoms with Crippen LogP contribution >= 0.6 is 104 Å². The van der Waals surface area contributed by atoms with Crippen LogP contribution in [-0.4, -0.2) is 189 Å². The first-order chi connectivity index (χ1) is 67.0. The molecule has 56 heteroatoms. The molecule has 0 aliphatic rings. The number of carbonyl (C=O) groups excluding carboxylic acids is 5. The molecule has 3 heterocycles. The number of aromatic hydroxyl groups is 1. The summed E-state index contributed by atoms with van der Waals surface area (Å²) in [5.41, 5.74) is 8.50. The number of rotatable bonds is 41. The number of phenols is 1. The minimum absolute atomic E-state index is 0. The minimum Gasteiger partial charge on any atom is -0.508 e. The third-order valence-electron chi connectivity index (χ3n) is 17.7. The standard InChI is InChI=1S/C32H39Cl2FN4O9S2.C23H24Cl2FN3O5S2.C18H27ClN2O5.C14H13ClF2N2O4S2.C2H2FO3.2K/c1-31(2,3)47-29(42)38-23(28(40)41)11-13-36-12-7-8-19-14-20(33)9-10-24(19)46-25-16-22(35)26(15-21(25)34)50(44,45)39(27-17-49-18-37-27)30(43)48-32(4,5)6;24-15-3-4-20(14(8-15)2-1-6-28-7-5-19(27)23(30)31)34-21-10-18(26)22(9-17(21)25)36(32,33)12-16-11-35-13-29-16;1-18(2,3)26-17(25)21-14(16(23)24)8-10-20-9-4-5-12-11-13(19)6-7-15(12)22;1-14(2,3)23-13(20)19(12-6-24-7-18-12)25(21,22)11-4-8(15)9(16)5-10(11)17;3-1-5-6-2-4;;/h9-10,14-18,23,36H,7-8,11-13H2,1-6H3,(H,38,42)(H,40,41);3-4,8-11,13,19,28H,1-2,5-7,12,27H2,(H,30,31);6-7,11,14,20,22H,4-5,8-10H2,1-3H3,(H,21,25)(H,23,24);4-7H,1-3H3;1-2H;;/q;;;;-1;2*+1/t23-;19-;14-;;;;/m000..../s1/i;;;;2D;;. The molecule has 9 aromatic rings. The Kier molecular flexibility index (Phi) is 56.2. The number of phenolic OH excluding ortho intramolecular Hbond substituents is 1. The maximum atomic E-state index is 15.6. The quantitative estimate of drug-likeness (QED) is 0.00196. The summed E-state index contributed by atoms with van der Waals surface area (Å²) in [6.45, 7) is 21.9. The first-order valence-corrected chi connectivity index (χ1v) is 51.9. The van der Waals surface area contributed by atoms with Crippen molar-refractivity contribution in [1.82, 2.24) is 41.5 Å². The number of hydrogen-bond acceptors (Lipinski definition) is 33. The summed E-state index contributed by atoms with van der Waals surface area (Å²) < 4.78 is 185. The Balaban J connectivity index is 0.000000504. The molecule has 0 saturated carbocycles. The van der Waals surface area contributed by atoms with Crippen LogP contribution in [0.5, 0.6) is 28.7 Å². The van der Waals surface area contributed by atoms with E-state index in [9.17, 15) is 96.5 Å². The molecule has 0 spiro atoms. The molecule has 3 aromatic heterocycles. The monoisotopic (exact) mass is 2320 g/mol. The van der Waals surface area contributed by atoms with E-state index < -0.39 is 168 Å². The van der Waals surface area contributed by atoms with E-state index in [0.29, 0.717) is 115 Å². The Morgan fingerprint density at radius 1 is 0.483 bits per heavy atom. The van der Waals surface area contributed by atoms with Crippen LogP contribution in [0.1, 0.15) is 145 Å². The van der Waals surface area contributed by atoms with Crippen molar-refractivity contribution < 1.29 is 248 Å². The number of carboxylic acid groups (broad SMARTS) is 3. The number of benzene rings is 6. The third-order valence-corrected chi connectivity index (χ3v) is 26.1. The zero-order valence-corrected chi connectivity index (χ0v) is 96.1. The van der Waals surface area contributed by atoms with Crippen molar-refractivity contribution in [2.75, 3.05) is 47.9 Å². The molecule has 0 fully saturated rings. The maximum absolute atomic E-state index is 15.6. The zero-order valence-electron chi connectivity index (χ0n) is 81.4. The Labute approximate surface area is 963 Å². The summed E-state index contributed by atoms with van der Waals surface area (Å²) in [5.74, 6) is -8.45. The van der Waals surface area contributed by atoms with Crippen LogP contribution in [-0.2, 0) is 103 Å². The van der Waals surface area contributed by atoms with E-state index in [2.05, 4.69) is 51.3 Å². The average molecular weight is 2320 g/mol. The van der Waals surface area contributed by atoms with Crippen molar-refractivity contribution in [3.05, 3.63) is 206 Å². The number of thiazole rings is 3. The fourth-order valence-corrected chi connectivity index (χ4v) is 18.8. The second-order valence-corrected chi connectivity index (χ2v) is 44.0. The molecule has 3 atom stereocenters. The number of aryl methyl sites for hydroxylation is 3. The van der Waals surface area contributed by atoms with Gasteiger partial charge in [0.1, 0.15) is 107 Å². The molecule has 0 aliphatic heterocycles. The molecule has 786 valence electrons. The first kappa shape index (κ1) is 130. The number of aromatic nitrogens is 3. The number of hydrogen-bond donors (Lipinski definition) is 10. The summed E-state index contributed by atoms with van der Waals surface area (Å²) in [5, 5.41) is 55.9. The largest absolute Gasteiger partial charge is 1.00 e. The van der Waals surface area contributed by atoms with Gasteiger partial charge >= 0.3 is 151 Å². The summed E-state index contributed by atoms with van der Waals surface area (Å²) in [4.78, 5) is 108. The van der Waals surface area contributed by atoms with Gasteiger partial charge in [0, 0.05) is 49.4 Å². The van der Waals surface area contributed by atoms with Crippen LogP contribution < -0.4 is 153 Å². The molecule has 11 N–H and O–H groups in total. The van der Waals surface area contributed by atoms with Crippen molar-refractivity contribution >= 4 is 194 Å². The van der Waals surface area contributed by atoms with E-state index >= 15 is 4.39 Å². The van der Waals surface area contributed by atoms with Crippen molar-refractivity contribution in [1.29, 1.82) is 0 Å². The molecule has 0 bridgehead atoms. The van der Waals surface area contributed by atoms with Gasteiger partial charge in [-0.1, -0.05) is 69.6 Å². The molecule has 0 unspecified atom stereocenters. The molecular weight excluding hydrogens is 2220 g/mol. The van der Waals surface area contributed by atoms with Crippen molar-refractivity contribution in [2.24, 2.45) is 5.73 Å². The maximum Gasteiger partial charge on any atom is 1.00 e. The molecule has 0 saturated heterocycles. The molecule has 4 amide bonds. The van der Waals surface area contributed by atoms with Crippen LogP contribution in [0.3, 0.4) is 0 Å². The summed E-state index contributed by atoms with van der Waals surface area (Å²) in [7, 11) is -13.7. The van der Waals surface area contributed by atoms with E-state index in [-0.39, 0.29) is 182 Å². The Hall–Kier alpha value is -7.12. The number of aliphatic carboxylic acids is 3. The summed E-state index contributed by atoms with van der Waals surface area (Å²) >= 11 is 39.8. The van der Waals surface area contributed by atoms with Gasteiger partial charge in [0.2, 0.25) is 0 Å². The van der Waals surface area contributed by atoms with Crippen molar-refractivity contribution in [2.45, 2.75) is 202 Å². The van der Waals surface area contributed by atoms with Crippen LogP contribution in [0.2, 0.25) is 30.1 Å². The normalized spacial score (nSPS) is 12.2. The van der Waals surface area contributed by atoms with E-state index in [4.69, 9.17) is 110 Å². The van der Waals surface area contributed by atoms with Gasteiger partial charge in [-0.3, -0.25) is 9.59 Å². The van der Waals surface area contributed by atoms with Gasteiger partial charge in [0.15, 0.2) is 22.8 Å². The van der Waals surface area contributed by atoms with E-state index in [0.717, 1.165) is 64.5 Å². The number of alkyl carbamates (subject to hydrolysis) is 2. The van der Waals surface area contributed by atoms with Gasteiger partial charge in [0.05, 0.1) is 43.0 Å². The van der Waals surface area contributed by atoms with Crippen molar-refractivity contribution in [3.8, 4) is 28.7 Å². The Morgan fingerprint density at radius 2 is 0.848 bits per heavy atom. The number of carbonyl (C=O) groups is 8. The molecule has 37 nitrogen and oxygen atoms in total. The van der Waals surface area contributed by atoms with Gasteiger partial charge in [-0.25, -0.2) is 86.5 Å². The summed E-state index contributed by atoms with van der Waals surface area (Å²) in [6.07, 6.45) is -1.32.